The summed E-state index contributed by atoms with van der Waals surface area (Å²) in [7, 11) is 0. The van der Waals surface area contributed by atoms with Gasteiger partial charge in [-0.05, 0) is 51.2 Å². The predicted octanol–water partition coefficient (Wildman–Crippen LogP) is 2.86. The second-order valence-corrected chi connectivity index (χ2v) is 5.53. The second kappa shape index (κ2) is 6.74. The van der Waals surface area contributed by atoms with Gasteiger partial charge < -0.3 is 9.64 Å². The molecule has 0 bridgehead atoms. The van der Waals surface area contributed by atoms with E-state index in [1.165, 1.54) is 0 Å². The number of hydrogen-bond acceptors (Lipinski definition) is 3. The lowest BCUT2D eigenvalue weighted by Gasteiger charge is -2.34. The Morgan fingerprint density at radius 3 is 2.52 bits per heavy atom. The number of nitrogens with zero attached hydrogens (tertiary/aromatic N) is 1. The highest BCUT2D eigenvalue weighted by Crippen LogP contribution is 2.23. The van der Waals surface area contributed by atoms with Crippen LogP contribution < -0.4 is 0 Å². The molecule has 1 heterocycles. The van der Waals surface area contributed by atoms with Crippen LogP contribution in [0.15, 0.2) is 18.2 Å². The van der Waals surface area contributed by atoms with Gasteiger partial charge in [0.2, 0.25) is 0 Å². The Morgan fingerprint density at radius 1 is 1.24 bits per heavy atom. The van der Waals surface area contributed by atoms with Crippen LogP contribution >= 0.6 is 0 Å². The molecule has 1 aromatic rings. The molecule has 1 amide bonds. The Hall–Kier alpha value is -1.84. The predicted molar refractivity (Wildman–Crippen MR) is 81.2 cm³/mol. The average molecular weight is 289 g/mol. The third kappa shape index (κ3) is 3.26. The first-order chi connectivity index (χ1) is 10.1. The van der Waals surface area contributed by atoms with E-state index in [1.807, 2.05) is 32.0 Å². The van der Waals surface area contributed by atoms with Crippen LogP contribution in [0.1, 0.15) is 47.7 Å². The summed E-state index contributed by atoms with van der Waals surface area (Å²) in [4.78, 5) is 26.7. The first-order valence-electron chi connectivity index (χ1n) is 7.60. The number of aryl methyl sites for hydroxylation is 2. The third-order valence-corrected chi connectivity index (χ3v) is 4.02. The van der Waals surface area contributed by atoms with Crippen molar-refractivity contribution in [2.75, 3.05) is 13.2 Å². The van der Waals surface area contributed by atoms with Crippen molar-refractivity contribution in [3.63, 3.8) is 0 Å². The van der Waals surface area contributed by atoms with Gasteiger partial charge in [0.1, 0.15) is 6.04 Å². The molecule has 0 saturated carbocycles. The van der Waals surface area contributed by atoms with Crippen LogP contribution in [0.3, 0.4) is 0 Å². The molecule has 1 aliphatic heterocycles. The number of carbonyl (C=O) groups excluding carboxylic acids is 2. The zero-order valence-corrected chi connectivity index (χ0v) is 13.0. The lowest BCUT2D eigenvalue weighted by Crippen LogP contribution is -2.49. The molecule has 0 N–H and O–H groups in total. The molecule has 2 rings (SSSR count). The minimum Gasteiger partial charge on any atom is -0.464 e. The summed E-state index contributed by atoms with van der Waals surface area (Å²) in [6.07, 6.45) is 2.59. The number of amides is 1. The molecule has 0 spiro atoms. The van der Waals surface area contributed by atoms with E-state index in [4.69, 9.17) is 4.74 Å². The quantitative estimate of drug-likeness (QED) is 0.804. The molecule has 1 fully saturated rings. The van der Waals surface area contributed by atoms with E-state index in [2.05, 4.69) is 0 Å². The van der Waals surface area contributed by atoms with Gasteiger partial charge >= 0.3 is 5.97 Å². The topological polar surface area (TPSA) is 46.6 Å². The van der Waals surface area contributed by atoms with Crippen molar-refractivity contribution in [1.29, 1.82) is 0 Å². The normalized spacial score (nSPS) is 18.4. The molecule has 1 saturated heterocycles. The minimum absolute atomic E-state index is 0.0525. The summed E-state index contributed by atoms with van der Waals surface area (Å²) in [5.41, 5.74) is 2.62. The first-order valence-corrected chi connectivity index (χ1v) is 7.60. The largest absolute Gasteiger partial charge is 0.464 e. The van der Waals surface area contributed by atoms with Crippen LogP contribution in [0.5, 0.6) is 0 Å². The Morgan fingerprint density at radius 2 is 1.90 bits per heavy atom. The van der Waals surface area contributed by atoms with Gasteiger partial charge in [-0.2, -0.15) is 0 Å². The summed E-state index contributed by atoms with van der Waals surface area (Å²) in [6, 6.07) is 5.37. The molecule has 21 heavy (non-hydrogen) atoms. The SMILES string of the molecule is CCOC(=O)C1CCCCN1C(=O)c1c(C)cccc1C. The maximum Gasteiger partial charge on any atom is 0.328 e. The van der Waals surface area contributed by atoms with Gasteiger partial charge in [0, 0.05) is 12.1 Å². The number of benzene rings is 1. The molecule has 0 radical (unpaired) electrons. The van der Waals surface area contributed by atoms with Crippen molar-refractivity contribution in [3.8, 4) is 0 Å². The van der Waals surface area contributed by atoms with Crippen molar-refractivity contribution in [2.45, 2.75) is 46.1 Å². The lowest BCUT2D eigenvalue weighted by molar-refractivity contribution is -0.149. The molecular formula is C17H23NO3. The molecule has 114 valence electrons. The fourth-order valence-electron chi connectivity index (χ4n) is 2.95. The van der Waals surface area contributed by atoms with Gasteiger partial charge in [-0.3, -0.25) is 4.79 Å². The molecule has 4 nitrogen and oxygen atoms in total. The number of rotatable bonds is 3. The zero-order valence-electron chi connectivity index (χ0n) is 13.0. The molecule has 1 unspecified atom stereocenters. The van der Waals surface area contributed by atoms with Crippen LogP contribution in [0, 0.1) is 13.8 Å². The van der Waals surface area contributed by atoms with Gasteiger partial charge in [-0.25, -0.2) is 4.79 Å². The average Bonchev–Trinajstić information content (AvgIpc) is 2.47. The highest BCUT2D eigenvalue weighted by molar-refractivity contribution is 5.99. The molecule has 1 aromatic carbocycles. The van der Waals surface area contributed by atoms with Gasteiger partial charge in [0.05, 0.1) is 6.61 Å². The number of esters is 1. The third-order valence-electron chi connectivity index (χ3n) is 4.02. The van der Waals surface area contributed by atoms with Gasteiger partial charge in [0.25, 0.3) is 5.91 Å². The molecule has 4 heteroatoms. The van der Waals surface area contributed by atoms with Crippen LogP contribution in [0.25, 0.3) is 0 Å². The molecule has 1 atom stereocenters. The monoisotopic (exact) mass is 289 g/mol. The highest BCUT2D eigenvalue weighted by atomic mass is 16.5. The molecule has 0 aromatic heterocycles. The smallest absolute Gasteiger partial charge is 0.328 e. The fourth-order valence-corrected chi connectivity index (χ4v) is 2.95. The van der Waals surface area contributed by atoms with E-state index < -0.39 is 6.04 Å². The second-order valence-electron chi connectivity index (χ2n) is 5.53. The van der Waals surface area contributed by atoms with Crippen LogP contribution in [0.4, 0.5) is 0 Å². The van der Waals surface area contributed by atoms with Crippen molar-refractivity contribution >= 4 is 11.9 Å². The molecule has 0 aliphatic carbocycles. The van der Waals surface area contributed by atoms with E-state index in [9.17, 15) is 9.59 Å². The number of ether oxygens (including phenoxy) is 1. The summed E-state index contributed by atoms with van der Waals surface area (Å²) >= 11 is 0. The van der Waals surface area contributed by atoms with Crippen molar-refractivity contribution in [3.05, 3.63) is 34.9 Å². The Balaban J connectivity index is 2.29. The van der Waals surface area contributed by atoms with E-state index in [1.54, 1.807) is 11.8 Å². The Bertz CT molecular complexity index is 519. The van der Waals surface area contributed by atoms with Gasteiger partial charge in [-0.1, -0.05) is 18.2 Å². The first kappa shape index (κ1) is 15.5. The number of piperidine rings is 1. The maximum absolute atomic E-state index is 12.9. The summed E-state index contributed by atoms with van der Waals surface area (Å²) in [5, 5.41) is 0. The summed E-state index contributed by atoms with van der Waals surface area (Å²) < 4.78 is 5.13. The minimum atomic E-state index is -0.440. The van der Waals surface area contributed by atoms with E-state index in [0.29, 0.717) is 25.1 Å². The zero-order chi connectivity index (χ0) is 15.4. The van der Waals surface area contributed by atoms with Crippen LogP contribution in [-0.4, -0.2) is 36.0 Å². The Kier molecular flexibility index (Phi) is 4.99. The summed E-state index contributed by atoms with van der Waals surface area (Å²) in [5.74, 6) is -0.333. The maximum atomic E-state index is 12.9. The van der Waals surface area contributed by atoms with Gasteiger partial charge in [0.15, 0.2) is 0 Å². The van der Waals surface area contributed by atoms with Crippen molar-refractivity contribution in [1.82, 2.24) is 4.90 Å². The number of carbonyl (C=O) groups is 2. The van der Waals surface area contributed by atoms with Crippen LogP contribution in [0.2, 0.25) is 0 Å². The van der Waals surface area contributed by atoms with Gasteiger partial charge in [-0.15, -0.1) is 0 Å². The molecular weight excluding hydrogens is 266 g/mol. The highest BCUT2D eigenvalue weighted by Gasteiger charge is 2.34. The fraction of sp³-hybridized carbons (Fsp3) is 0.529. The summed E-state index contributed by atoms with van der Waals surface area (Å²) in [6.45, 7) is 6.63. The van der Waals surface area contributed by atoms with Crippen molar-refractivity contribution in [2.24, 2.45) is 0 Å². The van der Waals surface area contributed by atoms with E-state index in [-0.39, 0.29) is 11.9 Å². The number of hydrogen-bond donors (Lipinski definition) is 0. The van der Waals surface area contributed by atoms with E-state index >= 15 is 0 Å². The van der Waals surface area contributed by atoms with Crippen molar-refractivity contribution < 1.29 is 14.3 Å². The Labute approximate surface area is 126 Å². The lowest BCUT2D eigenvalue weighted by atomic mass is 9.97. The number of likely N-dealkylation sites (tertiary alicyclic amines) is 1. The van der Waals surface area contributed by atoms with Crippen LogP contribution in [-0.2, 0) is 9.53 Å². The molecule has 1 aliphatic rings. The standard InChI is InChI=1S/C17H23NO3/c1-4-21-17(20)14-10-5-6-11-18(14)16(19)15-12(2)8-7-9-13(15)3/h7-9,14H,4-6,10-11H2,1-3H3. The van der Waals surface area contributed by atoms with E-state index in [0.717, 1.165) is 24.0 Å².